The molecule has 0 bridgehead atoms. The molecule has 2 aliphatic carbocycles. The first kappa shape index (κ1) is 39.7. The van der Waals surface area contributed by atoms with Gasteiger partial charge in [0.1, 0.15) is 5.84 Å². The number of hydrogen-bond acceptors (Lipinski definition) is 1. The third kappa shape index (κ3) is 9.03. The van der Waals surface area contributed by atoms with Crippen LogP contribution in [0.25, 0.3) is 34.0 Å². The van der Waals surface area contributed by atoms with E-state index in [1.165, 1.54) is 63.8 Å². The molecule has 2 atom stereocenters. The molecule has 0 heterocycles. The fraction of sp³-hybridized carbons (Fsp3) is 0.161. The molecule has 2 N–H and O–H groups in total. The van der Waals surface area contributed by atoms with Gasteiger partial charge >= 0.3 is 0 Å². The molecular formula is C56H54N2. The average Bonchev–Trinajstić information content (AvgIpc) is 3.60. The van der Waals surface area contributed by atoms with E-state index in [0.717, 1.165) is 34.4 Å². The lowest BCUT2D eigenvalue weighted by Gasteiger charge is -2.24. The Morgan fingerprint density at radius 2 is 1.48 bits per heavy atom. The number of allylic oxidation sites excluding steroid dienone is 11. The van der Waals surface area contributed by atoms with Crippen molar-refractivity contribution in [1.82, 2.24) is 0 Å². The van der Waals surface area contributed by atoms with E-state index in [1.807, 2.05) is 56.4 Å². The first-order chi connectivity index (χ1) is 28.5. The van der Waals surface area contributed by atoms with Crippen LogP contribution in [0.2, 0.25) is 0 Å². The highest BCUT2D eigenvalue weighted by Gasteiger charge is 2.38. The Hall–Kier alpha value is -6.51. The van der Waals surface area contributed by atoms with E-state index >= 15 is 0 Å². The second-order valence-corrected chi connectivity index (χ2v) is 15.1. The number of amidine groups is 1. The van der Waals surface area contributed by atoms with Gasteiger partial charge in [-0.3, -0.25) is 0 Å². The topological polar surface area (TPSA) is 38.4 Å². The molecule has 0 saturated heterocycles. The lowest BCUT2D eigenvalue weighted by molar-refractivity contribution is 0.625. The molecule has 5 aromatic rings. The van der Waals surface area contributed by atoms with Gasteiger partial charge in [0.25, 0.3) is 0 Å². The van der Waals surface area contributed by atoms with E-state index in [9.17, 15) is 0 Å². The molecule has 0 amide bonds. The van der Waals surface area contributed by atoms with E-state index in [-0.39, 0.29) is 0 Å². The fourth-order valence-electron chi connectivity index (χ4n) is 8.40. The largest absolute Gasteiger partial charge is 0.383 e. The molecule has 288 valence electrons. The second-order valence-electron chi connectivity index (χ2n) is 15.1. The SMILES string of the molecule is C=C\C=C/C(=C\C)C(/N)=N/C(=C\Cc1ccc(/C=C/C=C\C=C/C)cc1)c1ccc(-c2ccc(C)c(-c3ccccc3C3C4=CCCCC4c4ccccc43)c2)cc1. The fourth-order valence-corrected chi connectivity index (χ4v) is 8.40. The summed E-state index contributed by atoms with van der Waals surface area (Å²) in [6, 6.07) is 42.5. The summed E-state index contributed by atoms with van der Waals surface area (Å²) < 4.78 is 0. The molecule has 0 saturated carbocycles. The van der Waals surface area contributed by atoms with Gasteiger partial charge in [0, 0.05) is 17.4 Å². The Balaban J connectivity index is 1.20. The second kappa shape index (κ2) is 19.1. The molecule has 2 aliphatic rings. The molecule has 5 aromatic carbocycles. The maximum absolute atomic E-state index is 6.63. The minimum atomic E-state index is 0.291. The Morgan fingerprint density at radius 3 is 2.24 bits per heavy atom. The van der Waals surface area contributed by atoms with E-state index < -0.39 is 0 Å². The zero-order valence-electron chi connectivity index (χ0n) is 34.1. The quantitative estimate of drug-likeness (QED) is 0.0553. The summed E-state index contributed by atoms with van der Waals surface area (Å²) in [5.74, 6) is 1.29. The van der Waals surface area contributed by atoms with Gasteiger partial charge in [0.15, 0.2) is 0 Å². The van der Waals surface area contributed by atoms with Crippen LogP contribution >= 0.6 is 0 Å². The van der Waals surface area contributed by atoms with Crippen LogP contribution in [0.15, 0.2) is 205 Å². The van der Waals surface area contributed by atoms with Gasteiger partial charge in [-0.15, -0.1) is 0 Å². The normalized spacial score (nSPS) is 17.4. The third-order valence-electron chi connectivity index (χ3n) is 11.4. The van der Waals surface area contributed by atoms with Crippen LogP contribution in [0.1, 0.15) is 83.9 Å². The van der Waals surface area contributed by atoms with Gasteiger partial charge in [0.2, 0.25) is 0 Å². The monoisotopic (exact) mass is 754 g/mol. The van der Waals surface area contributed by atoms with Crippen molar-refractivity contribution >= 4 is 17.6 Å². The van der Waals surface area contributed by atoms with Crippen molar-refractivity contribution in [3.63, 3.8) is 0 Å². The smallest absolute Gasteiger partial charge is 0.131 e. The summed E-state index contributed by atoms with van der Waals surface area (Å²) in [5, 5.41) is 0. The number of nitrogens with two attached hydrogens (primary N) is 1. The molecule has 7 rings (SSSR count). The first-order valence-electron chi connectivity index (χ1n) is 20.6. The Morgan fingerprint density at radius 1 is 0.759 bits per heavy atom. The van der Waals surface area contributed by atoms with Crippen molar-refractivity contribution in [2.75, 3.05) is 0 Å². The molecule has 2 unspecified atom stereocenters. The Kier molecular flexibility index (Phi) is 13.1. The highest BCUT2D eigenvalue weighted by atomic mass is 14.9. The Bertz CT molecular complexity index is 2490. The number of fused-ring (bicyclic) bond motifs is 3. The van der Waals surface area contributed by atoms with Gasteiger partial charge in [-0.25, -0.2) is 4.99 Å². The van der Waals surface area contributed by atoms with Crippen molar-refractivity contribution in [1.29, 1.82) is 0 Å². The van der Waals surface area contributed by atoms with Crippen molar-refractivity contribution < 1.29 is 0 Å². The van der Waals surface area contributed by atoms with Crippen LogP contribution in [-0.4, -0.2) is 5.84 Å². The number of aliphatic imine (C=N–C) groups is 1. The van der Waals surface area contributed by atoms with E-state index in [4.69, 9.17) is 10.7 Å². The van der Waals surface area contributed by atoms with Gasteiger partial charge < -0.3 is 5.73 Å². The Labute approximate surface area is 346 Å². The highest BCUT2D eigenvalue weighted by molar-refractivity contribution is 6.02. The van der Waals surface area contributed by atoms with Crippen LogP contribution in [0.4, 0.5) is 0 Å². The lowest BCUT2D eigenvalue weighted by Crippen LogP contribution is -2.14. The van der Waals surface area contributed by atoms with Gasteiger partial charge in [-0.05, 0) is 114 Å². The summed E-state index contributed by atoms with van der Waals surface area (Å²) in [6.45, 7) is 10.0. The van der Waals surface area contributed by atoms with Gasteiger partial charge in [0.05, 0.1) is 5.70 Å². The lowest BCUT2D eigenvalue weighted by atomic mass is 9.79. The standard InChI is InChI=1S/C56H54N2/c1-5-8-10-11-12-19-41-28-30-42(31-29-41)32-38-54(58-56(57)43(7-3)20-9-6-2)45-36-34-44(35-37-45)46-33-27-40(4)53(39-46)49-23-15-18-26-52(49)55-50-24-16-13-21-47(50)48-22-14-17-25-51(48)55/h5-13,15-16,18-21,23-31,33-39,48,55H,2,14,17,22,32H2,1,3-4H3,(H2,57,58)/b8-5-,11-10-,19-12+,20-9-,43-7+,54-38-. The minimum Gasteiger partial charge on any atom is -0.383 e. The molecule has 0 spiro atoms. The number of benzene rings is 5. The molecule has 58 heavy (non-hydrogen) atoms. The summed E-state index contributed by atoms with van der Waals surface area (Å²) in [5.41, 5.74) is 23.9. The summed E-state index contributed by atoms with van der Waals surface area (Å²) in [4.78, 5) is 5.00. The highest BCUT2D eigenvalue weighted by Crippen LogP contribution is 2.54. The average molecular weight is 755 g/mol. The summed E-state index contributed by atoms with van der Waals surface area (Å²) >= 11 is 0. The van der Waals surface area contributed by atoms with E-state index in [0.29, 0.717) is 17.7 Å². The zero-order chi connectivity index (χ0) is 40.3. The van der Waals surface area contributed by atoms with Crippen LogP contribution in [0, 0.1) is 6.92 Å². The van der Waals surface area contributed by atoms with Crippen molar-refractivity contribution in [3.8, 4) is 22.3 Å². The van der Waals surface area contributed by atoms with E-state index in [1.54, 1.807) is 11.6 Å². The molecule has 0 fully saturated rings. The molecule has 0 radical (unpaired) electrons. The van der Waals surface area contributed by atoms with Crippen LogP contribution in [0.3, 0.4) is 0 Å². The van der Waals surface area contributed by atoms with Crippen LogP contribution in [0.5, 0.6) is 0 Å². The predicted molar refractivity (Wildman–Crippen MR) is 251 cm³/mol. The zero-order valence-corrected chi connectivity index (χ0v) is 34.1. The summed E-state index contributed by atoms with van der Waals surface area (Å²) in [6.07, 6.45) is 28.9. The van der Waals surface area contributed by atoms with E-state index in [2.05, 4.69) is 153 Å². The molecule has 2 nitrogen and oxygen atoms in total. The van der Waals surface area contributed by atoms with Crippen molar-refractivity contribution in [2.45, 2.75) is 58.3 Å². The molecular weight excluding hydrogens is 701 g/mol. The minimum absolute atomic E-state index is 0.291. The number of nitrogens with zero attached hydrogens (tertiary/aromatic N) is 1. The van der Waals surface area contributed by atoms with Crippen LogP contribution < -0.4 is 5.73 Å². The molecule has 0 aromatic heterocycles. The predicted octanol–water partition coefficient (Wildman–Crippen LogP) is 14.4. The van der Waals surface area contributed by atoms with Gasteiger partial charge in [-0.2, -0.15) is 0 Å². The first-order valence-corrected chi connectivity index (χ1v) is 20.6. The van der Waals surface area contributed by atoms with Crippen LogP contribution in [-0.2, 0) is 6.42 Å². The maximum atomic E-state index is 6.63. The number of rotatable bonds is 13. The summed E-state index contributed by atoms with van der Waals surface area (Å²) in [7, 11) is 0. The number of aryl methyl sites for hydroxylation is 1. The van der Waals surface area contributed by atoms with Crippen molar-refractivity contribution in [3.05, 3.63) is 239 Å². The molecule has 2 heteroatoms. The van der Waals surface area contributed by atoms with Gasteiger partial charge in [-0.1, -0.05) is 194 Å². The number of hydrogen-bond donors (Lipinski definition) is 1. The molecule has 0 aliphatic heterocycles. The maximum Gasteiger partial charge on any atom is 0.131 e. The third-order valence-corrected chi connectivity index (χ3v) is 11.4. The van der Waals surface area contributed by atoms with Crippen molar-refractivity contribution in [2.24, 2.45) is 10.7 Å².